The lowest BCUT2D eigenvalue weighted by molar-refractivity contribution is -0.143. The van der Waals surface area contributed by atoms with Crippen LogP contribution in [0.3, 0.4) is 0 Å². The average molecular weight is 405 g/mol. The molecule has 1 aromatic heterocycles. The van der Waals surface area contributed by atoms with Gasteiger partial charge in [0.2, 0.25) is 5.91 Å². The summed E-state index contributed by atoms with van der Waals surface area (Å²) in [5.74, 6) is 0.662. The van der Waals surface area contributed by atoms with E-state index in [1.807, 2.05) is 22.9 Å². The van der Waals surface area contributed by atoms with Crippen LogP contribution in [0.1, 0.15) is 49.4 Å². The molecule has 3 fully saturated rings. The standard InChI is InChI=1S/C21H32N4O4/c1-2-25-16-18(15-22-25)20(27)24-6-4-21(5-7-24)14-17(3-10-29-21)13-19(26)23-8-11-28-12-9-23/h15-17H,2-14H2,1H3. The second-order valence-corrected chi connectivity index (χ2v) is 8.46. The van der Waals surface area contributed by atoms with Crippen molar-refractivity contribution in [2.75, 3.05) is 46.0 Å². The molecular weight excluding hydrogens is 372 g/mol. The highest BCUT2D eigenvalue weighted by Crippen LogP contribution is 2.39. The van der Waals surface area contributed by atoms with Gasteiger partial charge in [-0.15, -0.1) is 0 Å². The van der Waals surface area contributed by atoms with Crippen molar-refractivity contribution in [3.8, 4) is 0 Å². The maximum absolute atomic E-state index is 12.8. The molecule has 0 radical (unpaired) electrons. The van der Waals surface area contributed by atoms with Gasteiger partial charge in [0.25, 0.3) is 5.91 Å². The highest BCUT2D eigenvalue weighted by Gasteiger charge is 2.42. The molecule has 8 heteroatoms. The van der Waals surface area contributed by atoms with E-state index in [-0.39, 0.29) is 17.4 Å². The van der Waals surface area contributed by atoms with Gasteiger partial charge in [0.15, 0.2) is 0 Å². The predicted octanol–water partition coefficient (Wildman–Crippen LogP) is 1.55. The number of aryl methyl sites for hydroxylation is 1. The van der Waals surface area contributed by atoms with Crippen molar-refractivity contribution in [1.29, 1.82) is 0 Å². The van der Waals surface area contributed by atoms with Crippen molar-refractivity contribution in [3.63, 3.8) is 0 Å². The SMILES string of the molecule is CCn1cc(C(=O)N2CCC3(CC2)CC(CC(=O)N2CCOCC2)CCO3)cn1. The molecule has 2 amide bonds. The van der Waals surface area contributed by atoms with Crippen LogP contribution in [-0.4, -0.2) is 83.0 Å². The fourth-order valence-electron chi connectivity index (χ4n) is 4.79. The van der Waals surface area contributed by atoms with E-state index < -0.39 is 0 Å². The third-order valence-corrected chi connectivity index (χ3v) is 6.59. The Bertz CT molecular complexity index is 720. The number of aromatic nitrogens is 2. The molecule has 3 saturated heterocycles. The third-order valence-electron chi connectivity index (χ3n) is 6.59. The van der Waals surface area contributed by atoms with E-state index in [1.165, 1.54) is 0 Å². The van der Waals surface area contributed by atoms with Crippen LogP contribution in [0.25, 0.3) is 0 Å². The first-order valence-electron chi connectivity index (χ1n) is 10.9. The van der Waals surface area contributed by atoms with E-state index in [0.29, 0.717) is 63.9 Å². The molecule has 1 unspecified atom stereocenters. The second kappa shape index (κ2) is 8.83. The van der Waals surface area contributed by atoms with Gasteiger partial charge in [0, 0.05) is 51.9 Å². The fraction of sp³-hybridized carbons (Fsp3) is 0.762. The summed E-state index contributed by atoms with van der Waals surface area (Å²) in [5, 5.41) is 4.21. The Morgan fingerprint density at radius 1 is 1.14 bits per heavy atom. The van der Waals surface area contributed by atoms with E-state index in [0.717, 1.165) is 32.2 Å². The van der Waals surface area contributed by atoms with Crippen LogP contribution in [0.2, 0.25) is 0 Å². The number of nitrogens with zero attached hydrogens (tertiary/aromatic N) is 4. The Hall–Kier alpha value is -1.93. The number of carbonyl (C=O) groups is 2. The molecule has 0 N–H and O–H groups in total. The first-order valence-corrected chi connectivity index (χ1v) is 10.9. The average Bonchev–Trinajstić information content (AvgIpc) is 3.24. The predicted molar refractivity (Wildman–Crippen MR) is 106 cm³/mol. The Labute approximate surface area is 172 Å². The van der Waals surface area contributed by atoms with Gasteiger partial charge in [-0.2, -0.15) is 5.10 Å². The second-order valence-electron chi connectivity index (χ2n) is 8.46. The van der Waals surface area contributed by atoms with Crippen molar-refractivity contribution in [2.24, 2.45) is 5.92 Å². The Balaban J connectivity index is 1.30. The maximum Gasteiger partial charge on any atom is 0.257 e. The zero-order valence-electron chi connectivity index (χ0n) is 17.3. The number of amides is 2. The maximum atomic E-state index is 12.8. The Morgan fingerprint density at radius 3 is 2.59 bits per heavy atom. The number of morpholine rings is 1. The molecule has 8 nitrogen and oxygen atoms in total. The minimum Gasteiger partial charge on any atom is -0.378 e. The summed E-state index contributed by atoms with van der Waals surface area (Å²) in [6, 6.07) is 0. The zero-order chi connectivity index (χ0) is 20.3. The highest BCUT2D eigenvalue weighted by atomic mass is 16.5. The lowest BCUT2D eigenvalue weighted by Crippen LogP contribution is -2.51. The van der Waals surface area contributed by atoms with Gasteiger partial charge in [-0.3, -0.25) is 14.3 Å². The highest BCUT2D eigenvalue weighted by molar-refractivity contribution is 5.93. The Kier molecular flexibility index (Phi) is 6.20. The normalized spacial score (nSPS) is 24.7. The molecule has 4 rings (SSSR count). The first-order chi connectivity index (χ1) is 14.1. The van der Waals surface area contributed by atoms with Crippen molar-refractivity contribution < 1.29 is 19.1 Å². The van der Waals surface area contributed by atoms with Crippen LogP contribution in [0.15, 0.2) is 12.4 Å². The summed E-state index contributed by atoms with van der Waals surface area (Å²) < 4.78 is 13.3. The molecule has 160 valence electrons. The van der Waals surface area contributed by atoms with Crippen molar-refractivity contribution >= 4 is 11.8 Å². The van der Waals surface area contributed by atoms with E-state index in [1.54, 1.807) is 10.9 Å². The number of ether oxygens (including phenoxy) is 2. The van der Waals surface area contributed by atoms with Gasteiger partial charge < -0.3 is 19.3 Å². The van der Waals surface area contributed by atoms with Gasteiger partial charge in [-0.1, -0.05) is 0 Å². The molecule has 0 aliphatic carbocycles. The van der Waals surface area contributed by atoms with Crippen molar-refractivity contribution in [2.45, 2.75) is 51.2 Å². The van der Waals surface area contributed by atoms with Crippen LogP contribution in [0.5, 0.6) is 0 Å². The zero-order valence-corrected chi connectivity index (χ0v) is 17.3. The summed E-state index contributed by atoms with van der Waals surface area (Å²) in [4.78, 5) is 29.2. The van der Waals surface area contributed by atoms with E-state index >= 15 is 0 Å². The fourth-order valence-corrected chi connectivity index (χ4v) is 4.79. The lowest BCUT2D eigenvalue weighted by atomic mass is 9.78. The number of rotatable bonds is 4. The molecule has 4 heterocycles. The molecular formula is C21H32N4O4. The van der Waals surface area contributed by atoms with E-state index in [4.69, 9.17) is 9.47 Å². The molecule has 1 aromatic rings. The van der Waals surface area contributed by atoms with Gasteiger partial charge in [-0.05, 0) is 38.5 Å². The molecule has 0 aromatic carbocycles. The summed E-state index contributed by atoms with van der Waals surface area (Å²) in [5.41, 5.74) is 0.472. The minimum atomic E-state index is -0.182. The number of carbonyl (C=O) groups excluding carboxylic acids is 2. The molecule has 3 aliphatic heterocycles. The van der Waals surface area contributed by atoms with Crippen LogP contribution < -0.4 is 0 Å². The largest absolute Gasteiger partial charge is 0.378 e. The summed E-state index contributed by atoms with van der Waals surface area (Å²) in [6.45, 7) is 7.56. The van der Waals surface area contributed by atoms with Crippen LogP contribution in [-0.2, 0) is 20.8 Å². The van der Waals surface area contributed by atoms with E-state index in [9.17, 15) is 9.59 Å². The molecule has 29 heavy (non-hydrogen) atoms. The summed E-state index contributed by atoms with van der Waals surface area (Å²) in [6.07, 6.45) is 7.60. The van der Waals surface area contributed by atoms with Crippen molar-refractivity contribution in [3.05, 3.63) is 18.0 Å². The Morgan fingerprint density at radius 2 is 1.90 bits per heavy atom. The summed E-state index contributed by atoms with van der Waals surface area (Å²) in [7, 11) is 0. The number of hydrogen-bond acceptors (Lipinski definition) is 5. The minimum absolute atomic E-state index is 0.0504. The molecule has 1 atom stereocenters. The molecule has 1 spiro atoms. The molecule has 3 aliphatic rings. The number of likely N-dealkylation sites (tertiary alicyclic amines) is 1. The quantitative estimate of drug-likeness (QED) is 0.761. The van der Waals surface area contributed by atoms with Gasteiger partial charge in [0.1, 0.15) is 0 Å². The third kappa shape index (κ3) is 4.64. The van der Waals surface area contributed by atoms with E-state index in [2.05, 4.69) is 5.10 Å². The molecule has 0 bridgehead atoms. The molecule has 0 saturated carbocycles. The smallest absolute Gasteiger partial charge is 0.257 e. The van der Waals surface area contributed by atoms with Gasteiger partial charge in [-0.25, -0.2) is 0 Å². The number of piperidine rings is 1. The van der Waals surface area contributed by atoms with Gasteiger partial charge in [0.05, 0.1) is 30.6 Å². The summed E-state index contributed by atoms with van der Waals surface area (Å²) >= 11 is 0. The topological polar surface area (TPSA) is 76.9 Å². The monoisotopic (exact) mass is 404 g/mol. The number of hydrogen-bond donors (Lipinski definition) is 0. The van der Waals surface area contributed by atoms with Crippen LogP contribution in [0, 0.1) is 5.92 Å². The lowest BCUT2D eigenvalue weighted by Gasteiger charge is -2.46. The first kappa shape index (κ1) is 20.3. The van der Waals surface area contributed by atoms with Crippen LogP contribution >= 0.6 is 0 Å². The van der Waals surface area contributed by atoms with Crippen LogP contribution in [0.4, 0.5) is 0 Å². The van der Waals surface area contributed by atoms with Gasteiger partial charge >= 0.3 is 0 Å². The van der Waals surface area contributed by atoms with Crippen molar-refractivity contribution in [1.82, 2.24) is 19.6 Å².